The maximum absolute atomic E-state index is 12.1. The van der Waals surface area contributed by atoms with Gasteiger partial charge in [0.25, 0.3) is 11.8 Å². The fraction of sp³-hybridized carbons (Fsp3) is 0.654. The van der Waals surface area contributed by atoms with E-state index in [1.807, 2.05) is 27.7 Å². The van der Waals surface area contributed by atoms with Crippen LogP contribution in [-0.4, -0.2) is 41.5 Å². The number of alkyl carbamates (subject to hydrolysis) is 1. The fourth-order valence-electron chi connectivity index (χ4n) is 3.33. The highest BCUT2D eigenvalue weighted by Crippen LogP contribution is 2.22. The number of nitrogens with zero attached hydrogens (tertiary/aromatic N) is 1. The molecule has 3 amide bonds. The van der Waals surface area contributed by atoms with Crippen molar-refractivity contribution in [3.63, 3.8) is 0 Å². The molecule has 32 heavy (non-hydrogen) atoms. The van der Waals surface area contributed by atoms with Gasteiger partial charge in [-0.2, -0.15) is 0 Å². The first-order valence-corrected chi connectivity index (χ1v) is 12.1. The molecule has 0 bridgehead atoms. The summed E-state index contributed by atoms with van der Waals surface area (Å²) >= 11 is 0. The minimum atomic E-state index is -0.584. The van der Waals surface area contributed by atoms with Crippen LogP contribution in [-0.2, 0) is 4.74 Å². The van der Waals surface area contributed by atoms with E-state index in [0.29, 0.717) is 11.1 Å². The van der Waals surface area contributed by atoms with Gasteiger partial charge in [-0.05, 0) is 38.8 Å². The first-order valence-electron chi connectivity index (χ1n) is 12.1. The molecule has 0 radical (unpaired) electrons. The summed E-state index contributed by atoms with van der Waals surface area (Å²) in [6, 6.07) is 6.67. The summed E-state index contributed by atoms with van der Waals surface area (Å²) in [5.41, 5.74) is 0.221. The number of amides is 3. The number of nitrogens with one attached hydrogen (secondary N) is 1. The first kappa shape index (κ1) is 29.6. The second-order valence-corrected chi connectivity index (χ2v) is 8.48. The van der Waals surface area contributed by atoms with Crippen molar-refractivity contribution in [2.24, 2.45) is 5.92 Å². The molecule has 1 aliphatic carbocycles. The maximum Gasteiger partial charge on any atom is 0.407 e. The monoisotopic (exact) mass is 448 g/mol. The molecule has 6 nitrogen and oxygen atoms in total. The van der Waals surface area contributed by atoms with Crippen LogP contribution < -0.4 is 5.32 Å². The normalized spacial score (nSPS) is 15.2. The van der Waals surface area contributed by atoms with Crippen LogP contribution in [0.2, 0.25) is 0 Å². The van der Waals surface area contributed by atoms with Gasteiger partial charge in [-0.15, -0.1) is 0 Å². The molecule has 6 heteroatoms. The molecule has 3 rings (SSSR count). The second-order valence-electron chi connectivity index (χ2n) is 8.48. The quantitative estimate of drug-likeness (QED) is 0.539. The number of carbonyl (C=O) groups excluding carboxylic acids is 3. The number of fused-ring (bicyclic) bond motifs is 1. The smallest absolute Gasteiger partial charge is 0.407 e. The van der Waals surface area contributed by atoms with Crippen LogP contribution in [0.4, 0.5) is 4.79 Å². The summed E-state index contributed by atoms with van der Waals surface area (Å²) in [5, 5.41) is 2.53. The largest absolute Gasteiger partial charge is 0.444 e. The number of rotatable bonds is 3. The zero-order chi connectivity index (χ0) is 24.7. The van der Waals surface area contributed by atoms with E-state index in [-0.39, 0.29) is 24.9 Å². The van der Waals surface area contributed by atoms with Gasteiger partial charge in [0.2, 0.25) is 0 Å². The van der Waals surface area contributed by atoms with Crippen molar-refractivity contribution in [1.82, 2.24) is 10.2 Å². The highest BCUT2D eigenvalue weighted by Gasteiger charge is 2.34. The molecular formula is C26H44N2O4. The third kappa shape index (κ3) is 10.3. The number of hydrogen-bond acceptors (Lipinski definition) is 4. The minimum Gasteiger partial charge on any atom is -0.444 e. The van der Waals surface area contributed by atoms with Crippen molar-refractivity contribution in [2.75, 3.05) is 13.1 Å². The van der Waals surface area contributed by atoms with Crippen molar-refractivity contribution in [2.45, 2.75) is 93.1 Å². The van der Waals surface area contributed by atoms with Gasteiger partial charge < -0.3 is 10.1 Å². The molecule has 0 atom stereocenters. The second kappa shape index (κ2) is 15.4. The van der Waals surface area contributed by atoms with Crippen LogP contribution in [0.5, 0.6) is 0 Å². The Morgan fingerprint density at radius 1 is 0.969 bits per heavy atom. The van der Waals surface area contributed by atoms with Crippen molar-refractivity contribution in [3.05, 3.63) is 35.4 Å². The van der Waals surface area contributed by atoms with E-state index in [2.05, 4.69) is 12.2 Å². The van der Waals surface area contributed by atoms with Gasteiger partial charge in [0.15, 0.2) is 0 Å². The highest BCUT2D eigenvalue weighted by atomic mass is 16.6. The third-order valence-electron chi connectivity index (χ3n) is 4.78. The van der Waals surface area contributed by atoms with E-state index < -0.39 is 11.7 Å². The molecule has 0 unspecified atom stereocenters. The van der Waals surface area contributed by atoms with Crippen LogP contribution in [0.25, 0.3) is 0 Å². The van der Waals surface area contributed by atoms with E-state index in [1.165, 1.54) is 32.1 Å². The van der Waals surface area contributed by atoms with E-state index in [0.717, 1.165) is 10.8 Å². The van der Waals surface area contributed by atoms with E-state index >= 15 is 0 Å². The number of imide groups is 1. The van der Waals surface area contributed by atoms with Gasteiger partial charge in [0.1, 0.15) is 5.60 Å². The van der Waals surface area contributed by atoms with Gasteiger partial charge in [0, 0.05) is 13.1 Å². The van der Waals surface area contributed by atoms with Gasteiger partial charge in [-0.1, -0.05) is 78.9 Å². The number of hydrogen-bond donors (Lipinski definition) is 1. The lowest BCUT2D eigenvalue weighted by molar-refractivity contribution is 0.0504. The summed E-state index contributed by atoms with van der Waals surface area (Å²) in [7, 11) is 0. The van der Waals surface area contributed by atoms with Crippen LogP contribution >= 0.6 is 0 Å². The molecule has 1 aromatic rings. The zero-order valence-electron chi connectivity index (χ0n) is 21.4. The SMILES string of the molecule is CC.CC.CC(C)(C)OC(=O)NCCN1C(=O)c2ccccc2C1=O.CC1CCCCC1. The predicted octanol–water partition coefficient (Wildman–Crippen LogP) is 6.45. The Bertz CT molecular complexity index is 669. The van der Waals surface area contributed by atoms with E-state index in [1.54, 1.807) is 45.0 Å². The predicted molar refractivity (Wildman–Crippen MR) is 131 cm³/mol. The molecule has 0 spiro atoms. The van der Waals surface area contributed by atoms with Gasteiger partial charge in [-0.3, -0.25) is 14.5 Å². The topological polar surface area (TPSA) is 75.7 Å². The van der Waals surface area contributed by atoms with Crippen LogP contribution in [0, 0.1) is 5.92 Å². The average molecular weight is 449 g/mol. The molecule has 0 saturated heterocycles. The van der Waals surface area contributed by atoms with Crippen molar-refractivity contribution < 1.29 is 19.1 Å². The van der Waals surface area contributed by atoms with Crippen molar-refractivity contribution in [3.8, 4) is 0 Å². The Labute approximate surface area is 195 Å². The molecule has 182 valence electrons. The standard InChI is InChI=1S/C15H18N2O4.C7H14.2C2H6/c1-15(2,3)21-14(20)16-8-9-17-12(18)10-6-4-5-7-11(10)13(17)19;1-7-5-3-2-4-6-7;2*1-2/h4-7H,8-9H2,1-3H3,(H,16,20);7H,2-6H2,1H3;2*1-2H3. The number of benzene rings is 1. The Hall–Kier alpha value is -2.37. The number of ether oxygens (including phenoxy) is 1. The first-order chi connectivity index (χ1) is 15.2. The number of carbonyl (C=O) groups is 3. The van der Waals surface area contributed by atoms with Crippen LogP contribution in [0.15, 0.2) is 24.3 Å². The zero-order valence-corrected chi connectivity index (χ0v) is 21.4. The Balaban J connectivity index is 0.000000727. The molecule has 1 aliphatic heterocycles. The summed E-state index contributed by atoms with van der Waals surface area (Å²) in [5.74, 6) is 0.372. The average Bonchev–Trinajstić information content (AvgIpc) is 3.01. The molecule has 2 aliphatic rings. The van der Waals surface area contributed by atoms with Crippen LogP contribution in [0.1, 0.15) is 108 Å². The van der Waals surface area contributed by atoms with Gasteiger partial charge in [-0.25, -0.2) is 4.79 Å². The van der Waals surface area contributed by atoms with Gasteiger partial charge in [0.05, 0.1) is 11.1 Å². The Morgan fingerprint density at radius 2 is 1.44 bits per heavy atom. The third-order valence-corrected chi connectivity index (χ3v) is 4.78. The van der Waals surface area contributed by atoms with E-state index in [4.69, 9.17) is 4.74 Å². The summed E-state index contributed by atoms with van der Waals surface area (Å²) in [6.45, 7) is 15.9. The molecule has 1 heterocycles. The lowest BCUT2D eigenvalue weighted by Gasteiger charge is -2.20. The minimum absolute atomic E-state index is 0.117. The lowest BCUT2D eigenvalue weighted by Crippen LogP contribution is -2.40. The van der Waals surface area contributed by atoms with Gasteiger partial charge >= 0.3 is 6.09 Å². The summed E-state index contributed by atoms with van der Waals surface area (Å²) in [4.78, 5) is 36.8. The maximum atomic E-state index is 12.1. The van der Waals surface area contributed by atoms with Crippen LogP contribution in [0.3, 0.4) is 0 Å². The molecular weight excluding hydrogens is 404 g/mol. The summed E-state index contributed by atoms with van der Waals surface area (Å²) in [6.07, 6.45) is 6.87. The highest BCUT2D eigenvalue weighted by molar-refractivity contribution is 6.21. The van der Waals surface area contributed by atoms with Crippen molar-refractivity contribution >= 4 is 17.9 Å². The molecule has 1 fully saturated rings. The fourth-order valence-corrected chi connectivity index (χ4v) is 3.33. The van der Waals surface area contributed by atoms with E-state index in [9.17, 15) is 14.4 Å². The molecule has 0 aromatic heterocycles. The Kier molecular flexibility index (Phi) is 14.3. The summed E-state index contributed by atoms with van der Waals surface area (Å²) < 4.78 is 5.08. The molecule has 1 saturated carbocycles. The Morgan fingerprint density at radius 3 is 1.81 bits per heavy atom. The van der Waals surface area contributed by atoms with Crippen molar-refractivity contribution in [1.29, 1.82) is 0 Å². The molecule has 1 N–H and O–H groups in total. The molecule has 1 aromatic carbocycles. The lowest BCUT2D eigenvalue weighted by atomic mass is 9.91.